The van der Waals surface area contributed by atoms with Crippen LogP contribution in [0.2, 0.25) is 0 Å². The van der Waals surface area contributed by atoms with Crippen molar-refractivity contribution in [2.75, 3.05) is 36.7 Å². The number of nitrogens with zero attached hydrogens (tertiary/aromatic N) is 4. The quantitative estimate of drug-likeness (QED) is 0.811. The molecule has 2 saturated carbocycles. The van der Waals surface area contributed by atoms with E-state index in [9.17, 15) is 0 Å². The van der Waals surface area contributed by atoms with Gasteiger partial charge in [0.1, 0.15) is 0 Å². The van der Waals surface area contributed by atoms with Crippen LogP contribution in [0, 0.1) is 11.8 Å². The third-order valence-corrected chi connectivity index (χ3v) is 3.80. The molecule has 0 amide bonds. The topological polar surface area (TPSA) is 66.0 Å². The van der Waals surface area contributed by atoms with Crippen molar-refractivity contribution >= 4 is 17.8 Å². The highest BCUT2D eigenvalue weighted by Crippen LogP contribution is 2.45. The van der Waals surface area contributed by atoms with Gasteiger partial charge in [0, 0.05) is 27.2 Å². The van der Waals surface area contributed by atoms with Crippen LogP contribution in [0.25, 0.3) is 0 Å². The van der Waals surface area contributed by atoms with Gasteiger partial charge in [-0.1, -0.05) is 0 Å². The Kier molecular flexibility index (Phi) is 3.16. The van der Waals surface area contributed by atoms with Crippen LogP contribution >= 0.6 is 0 Å². The largest absolute Gasteiger partial charge is 0.357 e. The molecule has 2 fully saturated rings. The summed E-state index contributed by atoms with van der Waals surface area (Å²) in [6.07, 6.45) is 5.38. The second-order valence-electron chi connectivity index (χ2n) is 5.77. The lowest BCUT2D eigenvalue weighted by atomic mass is 10.1. The van der Waals surface area contributed by atoms with E-state index in [1.54, 1.807) is 0 Å². The maximum Gasteiger partial charge on any atom is 0.231 e. The number of hydrogen-bond acceptors (Lipinski definition) is 6. The SMILES string of the molecule is CNc1nc(NC(C2CC2)C2CC2)nc(N(C)C)n1. The molecule has 0 saturated heterocycles. The zero-order chi connectivity index (χ0) is 13.4. The predicted molar refractivity (Wildman–Crippen MR) is 76.6 cm³/mol. The maximum atomic E-state index is 4.49. The fourth-order valence-electron chi connectivity index (χ4n) is 2.42. The van der Waals surface area contributed by atoms with Gasteiger partial charge in [-0.25, -0.2) is 0 Å². The van der Waals surface area contributed by atoms with Crippen molar-refractivity contribution in [3.63, 3.8) is 0 Å². The smallest absolute Gasteiger partial charge is 0.231 e. The van der Waals surface area contributed by atoms with Crippen molar-refractivity contribution in [2.24, 2.45) is 11.8 Å². The van der Waals surface area contributed by atoms with Crippen molar-refractivity contribution in [1.29, 1.82) is 0 Å². The molecule has 0 radical (unpaired) electrons. The van der Waals surface area contributed by atoms with Gasteiger partial charge in [-0.15, -0.1) is 0 Å². The third-order valence-electron chi connectivity index (χ3n) is 3.80. The summed E-state index contributed by atoms with van der Waals surface area (Å²) >= 11 is 0. The average Bonchev–Trinajstić information content (AvgIpc) is 3.28. The van der Waals surface area contributed by atoms with Gasteiger partial charge >= 0.3 is 0 Å². The van der Waals surface area contributed by atoms with Crippen LogP contribution in [-0.2, 0) is 0 Å². The molecule has 1 aromatic rings. The normalized spacial score (nSPS) is 18.5. The highest BCUT2D eigenvalue weighted by atomic mass is 15.3. The highest BCUT2D eigenvalue weighted by Gasteiger charge is 2.41. The molecule has 104 valence electrons. The molecule has 0 spiro atoms. The molecule has 6 heteroatoms. The summed E-state index contributed by atoms with van der Waals surface area (Å²) in [5.74, 6) is 3.65. The zero-order valence-electron chi connectivity index (χ0n) is 11.8. The van der Waals surface area contributed by atoms with E-state index in [4.69, 9.17) is 0 Å². The average molecular weight is 262 g/mol. The van der Waals surface area contributed by atoms with Crippen molar-refractivity contribution < 1.29 is 0 Å². The number of nitrogens with one attached hydrogen (secondary N) is 2. The van der Waals surface area contributed by atoms with E-state index in [2.05, 4.69) is 25.6 Å². The van der Waals surface area contributed by atoms with Gasteiger partial charge in [0.15, 0.2) is 0 Å². The maximum absolute atomic E-state index is 4.49. The summed E-state index contributed by atoms with van der Waals surface area (Å²) in [6, 6.07) is 0.558. The molecule has 2 aliphatic carbocycles. The second-order valence-corrected chi connectivity index (χ2v) is 5.77. The van der Waals surface area contributed by atoms with Crippen LogP contribution in [-0.4, -0.2) is 42.1 Å². The molecule has 2 aliphatic rings. The van der Waals surface area contributed by atoms with Gasteiger partial charge < -0.3 is 15.5 Å². The monoisotopic (exact) mass is 262 g/mol. The molecule has 6 nitrogen and oxygen atoms in total. The summed E-state index contributed by atoms with van der Waals surface area (Å²) in [5.41, 5.74) is 0. The molecule has 0 aromatic carbocycles. The van der Waals surface area contributed by atoms with Crippen molar-refractivity contribution in [2.45, 2.75) is 31.7 Å². The summed E-state index contributed by atoms with van der Waals surface area (Å²) in [6.45, 7) is 0. The van der Waals surface area contributed by atoms with Crippen molar-refractivity contribution in [3.8, 4) is 0 Å². The van der Waals surface area contributed by atoms with Crippen LogP contribution in [0.4, 0.5) is 17.8 Å². The molecule has 0 unspecified atom stereocenters. The summed E-state index contributed by atoms with van der Waals surface area (Å²) in [5, 5.41) is 6.54. The van der Waals surface area contributed by atoms with Gasteiger partial charge in [0.2, 0.25) is 17.8 Å². The number of aromatic nitrogens is 3. The summed E-state index contributed by atoms with van der Waals surface area (Å²) < 4.78 is 0. The highest BCUT2D eigenvalue weighted by molar-refractivity contribution is 5.43. The molecule has 1 aromatic heterocycles. The lowest BCUT2D eigenvalue weighted by molar-refractivity contribution is 0.563. The first-order valence-corrected chi connectivity index (χ1v) is 7.05. The Morgan fingerprint density at radius 3 is 2.05 bits per heavy atom. The molecule has 0 bridgehead atoms. The van der Waals surface area contributed by atoms with Crippen LogP contribution < -0.4 is 15.5 Å². The Morgan fingerprint density at radius 1 is 1.00 bits per heavy atom. The van der Waals surface area contributed by atoms with Gasteiger partial charge in [-0.3, -0.25) is 0 Å². The van der Waals surface area contributed by atoms with Gasteiger partial charge in [-0.05, 0) is 37.5 Å². The van der Waals surface area contributed by atoms with E-state index in [0.29, 0.717) is 23.9 Å². The Balaban J connectivity index is 1.80. The van der Waals surface area contributed by atoms with E-state index < -0.39 is 0 Å². The molecule has 0 aliphatic heterocycles. The Hall–Kier alpha value is -1.59. The van der Waals surface area contributed by atoms with Crippen molar-refractivity contribution in [3.05, 3.63) is 0 Å². The van der Waals surface area contributed by atoms with E-state index in [1.165, 1.54) is 25.7 Å². The van der Waals surface area contributed by atoms with Gasteiger partial charge in [-0.2, -0.15) is 15.0 Å². The third kappa shape index (κ3) is 2.88. The molecule has 1 heterocycles. The minimum atomic E-state index is 0.558. The lowest BCUT2D eigenvalue weighted by Gasteiger charge is -2.19. The molecular formula is C13H22N6. The second kappa shape index (κ2) is 4.83. The fourth-order valence-corrected chi connectivity index (χ4v) is 2.42. The summed E-state index contributed by atoms with van der Waals surface area (Å²) in [7, 11) is 5.72. The minimum absolute atomic E-state index is 0.558. The number of anilines is 3. The first-order valence-electron chi connectivity index (χ1n) is 7.05. The zero-order valence-corrected chi connectivity index (χ0v) is 11.8. The molecule has 3 rings (SSSR count). The number of hydrogen-bond donors (Lipinski definition) is 2. The van der Waals surface area contributed by atoms with Crippen LogP contribution in [0.3, 0.4) is 0 Å². The van der Waals surface area contributed by atoms with E-state index in [-0.39, 0.29) is 0 Å². The summed E-state index contributed by atoms with van der Waals surface area (Å²) in [4.78, 5) is 15.1. The minimum Gasteiger partial charge on any atom is -0.357 e. The molecular weight excluding hydrogens is 240 g/mol. The lowest BCUT2D eigenvalue weighted by Crippen LogP contribution is -2.26. The van der Waals surface area contributed by atoms with E-state index in [1.807, 2.05) is 26.0 Å². The van der Waals surface area contributed by atoms with Crippen LogP contribution in [0.5, 0.6) is 0 Å². The van der Waals surface area contributed by atoms with Gasteiger partial charge in [0.25, 0.3) is 0 Å². The van der Waals surface area contributed by atoms with E-state index >= 15 is 0 Å². The van der Waals surface area contributed by atoms with Crippen LogP contribution in [0.15, 0.2) is 0 Å². The molecule has 19 heavy (non-hydrogen) atoms. The number of rotatable bonds is 6. The Morgan fingerprint density at radius 2 is 1.58 bits per heavy atom. The Bertz CT molecular complexity index is 440. The van der Waals surface area contributed by atoms with Crippen LogP contribution in [0.1, 0.15) is 25.7 Å². The first kappa shape index (κ1) is 12.4. The fraction of sp³-hybridized carbons (Fsp3) is 0.769. The standard InChI is InChI=1S/C13H22N6/c1-14-11-16-12(18-13(17-11)19(2)3)15-10(8-4-5-8)9-6-7-9/h8-10H,4-7H2,1-3H3,(H2,14,15,16,17,18). The Labute approximate surface area is 114 Å². The van der Waals surface area contributed by atoms with Crippen molar-refractivity contribution in [1.82, 2.24) is 15.0 Å². The van der Waals surface area contributed by atoms with E-state index in [0.717, 1.165) is 11.8 Å². The molecule has 0 atom stereocenters. The van der Waals surface area contributed by atoms with Gasteiger partial charge in [0.05, 0.1) is 0 Å². The first-order chi connectivity index (χ1) is 9.17. The predicted octanol–water partition coefficient (Wildman–Crippen LogP) is 1.58. The molecule has 2 N–H and O–H groups in total.